The molecular weight excluding hydrogens is 302 g/mol. The van der Waals surface area contributed by atoms with Crippen LogP contribution in [0.5, 0.6) is 0 Å². The van der Waals surface area contributed by atoms with E-state index >= 15 is 0 Å². The molecule has 4 heteroatoms. The number of halogens is 1. The number of hydrogen-bond donors (Lipinski definition) is 0. The SMILES string of the molecule is C=C/C(=C\C(=C)Br)C1(c2nncn2C)CC(C)(C)C1. The molecule has 0 aliphatic heterocycles. The molecule has 0 spiro atoms. The van der Waals surface area contributed by atoms with Crippen LogP contribution in [0.25, 0.3) is 0 Å². The number of aryl methyl sites for hydroxylation is 1. The Labute approximate surface area is 123 Å². The third kappa shape index (κ3) is 2.46. The van der Waals surface area contributed by atoms with Crippen LogP contribution in [0.1, 0.15) is 32.5 Å². The van der Waals surface area contributed by atoms with Gasteiger partial charge in [0.15, 0.2) is 0 Å². The third-order valence-electron chi connectivity index (χ3n) is 3.78. The first-order valence-corrected chi connectivity index (χ1v) is 7.13. The maximum absolute atomic E-state index is 4.33. The van der Waals surface area contributed by atoms with E-state index in [9.17, 15) is 0 Å². The summed E-state index contributed by atoms with van der Waals surface area (Å²) >= 11 is 3.41. The van der Waals surface area contributed by atoms with E-state index < -0.39 is 0 Å². The first-order chi connectivity index (χ1) is 8.81. The van der Waals surface area contributed by atoms with Gasteiger partial charge in [-0.2, -0.15) is 0 Å². The van der Waals surface area contributed by atoms with E-state index in [2.05, 4.69) is 53.1 Å². The molecule has 1 aromatic heterocycles. The van der Waals surface area contributed by atoms with Crippen molar-refractivity contribution in [3.8, 4) is 0 Å². The fraction of sp³-hybridized carbons (Fsp3) is 0.467. The molecule has 2 rings (SSSR count). The normalized spacial score (nSPS) is 20.7. The molecular formula is C15H20BrN3. The molecule has 0 N–H and O–H groups in total. The van der Waals surface area contributed by atoms with Crippen molar-refractivity contribution in [1.82, 2.24) is 14.8 Å². The van der Waals surface area contributed by atoms with Crippen molar-refractivity contribution in [2.45, 2.75) is 32.1 Å². The molecule has 1 fully saturated rings. The van der Waals surface area contributed by atoms with E-state index in [1.807, 2.05) is 23.8 Å². The van der Waals surface area contributed by atoms with Gasteiger partial charge in [0.05, 0.1) is 5.41 Å². The maximum Gasteiger partial charge on any atom is 0.143 e. The van der Waals surface area contributed by atoms with Crippen LogP contribution in [-0.4, -0.2) is 14.8 Å². The lowest BCUT2D eigenvalue weighted by molar-refractivity contribution is 0.0785. The van der Waals surface area contributed by atoms with Gasteiger partial charge in [-0.25, -0.2) is 0 Å². The van der Waals surface area contributed by atoms with Crippen molar-refractivity contribution >= 4 is 15.9 Å². The fourth-order valence-corrected chi connectivity index (χ4v) is 3.60. The third-order valence-corrected chi connectivity index (χ3v) is 4.01. The highest BCUT2D eigenvalue weighted by atomic mass is 79.9. The van der Waals surface area contributed by atoms with Crippen molar-refractivity contribution in [1.29, 1.82) is 0 Å². The molecule has 1 heterocycles. The Balaban J connectivity index is 2.52. The standard InChI is InChI=1S/C15H20BrN3/c1-6-12(7-11(2)16)15(8-14(3,4)9-15)13-18-17-10-19(13)5/h6-7,10H,1-2,8-9H2,3-5H3/b12-7+. The van der Waals surface area contributed by atoms with Crippen LogP contribution in [0.2, 0.25) is 0 Å². The number of hydrogen-bond acceptors (Lipinski definition) is 2. The number of rotatable bonds is 4. The second-order valence-electron chi connectivity index (χ2n) is 6.12. The lowest BCUT2D eigenvalue weighted by Crippen LogP contribution is -2.49. The quantitative estimate of drug-likeness (QED) is 0.787. The van der Waals surface area contributed by atoms with Crippen LogP contribution in [0, 0.1) is 5.41 Å². The van der Waals surface area contributed by atoms with Crippen LogP contribution in [0.4, 0.5) is 0 Å². The molecule has 0 amide bonds. The summed E-state index contributed by atoms with van der Waals surface area (Å²) in [5, 5.41) is 8.36. The number of aromatic nitrogens is 3. The molecule has 0 unspecified atom stereocenters. The van der Waals surface area contributed by atoms with Crippen molar-refractivity contribution in [2.24, 2.45) is 12.5 Å². The van der Waals surface area contributed by atoms with Gasteiger partial charge in [0.2, 0.25) is 0 Å². The van der Waals surface area contributed by atoms with Crippen LogP contribution in [0.3, 0.4) is 0 Å². The average molecular weight is 322 g/mol. The fourth-order valence-electron chi connectivity index (χ4n) is 3.35. The van der Waals surface area contributed by atoms with E-state index in [-0.39, 0.29) is 5.41 Å². The van der Waals surface area contributed by atoms with Gasteiger partial charge >= 0.3 is 0 Å². The molecule has 1 aliphatic carbocycles. The Hall–Kier alpha value is -1.16. The Morgan fingerprint density at radius 2 is 2.11 bits per heavy atom. The molecule has 1 aliphatic rings. The molecule has 0 saturated heterocycles. The van der Waals surface area contributed by atoms with Crippen molar-refractivity contribution in [3.05, 3.63) is 47.5 Å². The highest BCUT2D eigenvalue weighted by Gasteiger charge is 2.54. The van der Waals surface area contributed by atoms with E-state index in [1.165, 1.54) is 0 Å². The maximum atomic E-state index is 4.33. The monoisotopic (exact) mass is 321 g/mol. The molecule has 102 valence electrons. The molecule has 1 saturated carbocycles. The highest BCUT2D eigenvalue weighted by molar-refractivity contribution is 9.11. The van der Waals surface area contributed by atoms with Crippen LogP contribution in [-0.2, 0) is 12.5 Å². The molecule has 1 aromatic rings. The van der Waals surface area contributed by atoms with Gasteiger partial charge < -0.3 is 4.57 Å². The highest BCUT2D eigenvalue weighted by Crippen LogP contribution is 2.58. The van der Waals surface area contributed by atoms with Gasteiger partial charge in [-0.05, 0) is 29.9 Å². The van der Waals surface area contributed by atoms with Gasteiger partial charge in [-0.1, -0.05) is 49.0 Å². The first kappa shape index (κ1) is 14.3. The summed E-state index contributed by atoms with van der Waals surface area (Å²) in [5.41, 5.74) is 1.39. The smallest absolute Gasteiger partial charge is 0.143 e. The minimum absolute atomic E-state index is 0.0901. The molecule has 19 heavy (non-hydrogen) atoms. The summed E-state index contributed by atoms with van der Waals surface area (Å²) in [4.78, 5) is 0. The minimum Gasteiger partial charge on any atom is -0.320 e. The minimum atomic E-state index is -0.0901. The van der Waals surface area contributed by atoms with Crippen molar-refractivity contribution in [2.75, 3.05) is 0 Å². The zero-order chi connectivity index (χ0) is 14.3. The molecule has 0 radical (unpaired) electrons. The molecule has 0 atom stereocenters. The molecule has 0 aromatic carbocycles. The summed E-state index contributed by atoms with van der Waals surface area (Å²) in [6, 6.07) is 0. The Morgan fingerprint density at radius 3 is 2.47 bits per heavy atom. The Morgan fingerprint density at radius 1 is 1.47 bits per heavy atom. The van der Waals surface area contributed by atoms with Crippen molar-refractivity contribution < 1.29 is 0 Å². The van der Waals surface area contributed by atoms with E-state index in [1.54, 1.807) is 6.33 Å². The second-order valence-corrected chi connectivity index (χ2v) is 7.13. The van der Waals surface area contributed by atoms with Crippen LogP contribution >= 0.6 is 15.9 Å². The van der Waals surface area contributed by atoms with Gasteiger partial charge in [0.1, 0.15) is 12.2 Å². The summed E-state index contributed by atoms with van der Waals surface area (Å²) in [7, 11) is 1.99. The van der Waals surface area contributed by atoms with E-state index in [0.717, 1.165) is 28.7 Å². The summed E-state index contributed by atoms with van der Waals surface area (Å²) in [5.74, 6) is 1.01. The van der Waals surface area contributed by atoms with Gasteiger partial charge in [0.25, 0.3) is 0 Å². The topological polar surface area (TPSA) is 30.7 Å². The zero-order valence-electron chi connectivity index (χ0n) is 11.8. The summed E-state index contributed by atoms with van der Waals surface area (Å²) < 4.78 is 2.86. The second kappa shape index (κ2) is 4.75. The van der Waals surface area contributed by atoms with E-state index in [0.29, 0.717) is 5.41 Å². The summed E-state index contributed by atoms with van der Waals surface area (Å²) in [6.07, 6.45) is 7.80. The number of allylic oxidation sites excluding steroid dienone is 4. The predicted octanol–water partition coefficient (Wildman–Crippen LogP) is 3.89. The molecule has 0 bridgehead atoms. The lowest BCUT2D eigenvalue weighted by Gasteiger charge is -2.53. The zero-order valence-corrected chi connectivity index (χ0v) is 13.4. The lowest BCUT2D eigenvalue weighted by atomic mass is 9.51. The molecule has 3 nitrogen and oxygen atoms in total. The Kier molecular flexibility index (Phi) is 3.56. The Bertz CT molecular complexity index is 543. The average Bonchev–Trinajstić information content (AvgIpc) is 2.68. The van der Waals surface area contributed by atoms with Gasteiger partial charge in [0, 0.05) is 11.5 Å². The van der Waals surface area contributed by atoms with Crippen LogP contribution in [0.15, 0.2) is 41.7 Å². The van der Waals surface area contributed by atoms with Gasteiger partial charge in [-0.15, -0.1) is 10.2 Å². The van der Waals surface area contributed by atoms with E-state index in [4.69, 9.17) is 0 Å². The first-order valence-electron chi connectivity index (χ1n) is 6.34. The van der Waals surface area contributed by atoms with Gasteiger partial charge in [-0.3, -0.25) is 0 Å². The largest absolute Gasteiger partial charge is 0.320 e. The van der Waals surface area contributed by atoms with Crippen molar-refractivity contribution in [3.63, 3.8) is 0 Å². The predicted molar refractivity (Wildman–Crippen MR) is 82.0 cm³/mol. The number of nitrogens with zero attached hydrogens (tertiary/aromatic N) is 3. The van der Waals surface area contributed by atoms with Crippen LogP contribution < -0.4 is 0 Å². The summed E-state index contributed by atoms with van der Waals surface area (Å²) in [6.45, 7) is 12.4.